The Balaban J connectivity index is 1.27. The molecule has 0 fully saturated rings. The minimum Gasteiger partial charge on any atom is -0.486 e. The molecule has 31 heavy (non-hydrogen) atoms. The number of carbonyl (C=O) groups is 2. The summed E-state index contributed by atoms with van der Waals surface area (Å²) >= 11 is 1.19. The Morgan fingerprint density at radius 1 is 1.06 bits per heavy atom. The molecule has 0 radical (unpaired) electrons. The maximum atomic E-state index is 12.4. The molecule has 0 bridgehead atoms. The monoisotopic (exact) mass is 438 g/mol. The van der Waals surface area contributed by atoms with E-state index in [0.717, 1.165) is 11.3 Å². The molecule has 1 aliphatic rings. The number of carbonyl (C=O) groups excluding carboxylic acids is 2. The fourth-order valence-corrected chi connectivity index (χ4v) is 3.83. The molecule has 0 saturated carbocycles. The summed E-state index contributed by atoms with van der Waals surface area (Å²) in [5.41, 5.74) is 1.63. The normalized spacial score (nSPS) is 13.3. The summed E-state index contributed by atoms with van der Waals surface area (Å²) in [7, 11) is 0. The SMILES string of the molecule is CC(NC(=O)CCc1nnc(C(=O)Nc2ccccc2)s1)c1ccc2c(c1)OCCO2. The lowest BCUT2D eigenvalue weighted by Crippen LogP contribution is -2.27. The zero-order valence-electron chi connectivity index (χ0n) is 17.0. The lowest BCUT2D eigenvalue weighted by atomic mass is 10.1. The molecular weight excluding hydrogens is 416 g/mol. The van der Waals surface area contributed by atoms with E-state index in [1.807, 2.05) is 43.3 Å². The van der Waals surface area contributed by atoms with Crippen molar-refractivity contribution in [2.45, 2.75) is 25.8 Å². The summed E-state index contributed by atoms with van der Waals surface area (Å²) in [4.78, 5) is 24.6. The van der Waals surface area contributed by atoms with Gasteiger partial charge in [0.25, 0.3) is 5.91 Å². The number of fused-ring (bicyclic) bond motifs is 1. The Kier molecular flexibility index (Phi) is 6.42. The first kappa shape index (κ1) is 20.8. The molecule has 1 unspecified atom stereocenters. The number of amides is 2. The lowest BCUT2D eigenvalue weighted by molar-refractivity contribution is -0.121. The van der Waals surface area contributed by atoms with Crippen LogP contribution in [-0.4, -0.2) is 35.2 Å². The van der Waals surface area contributed by atoms with Gasteiger partial charge in [-0.25, -0.2) is 0 Å². The Morgan fingerprint density at radius 3 is 2.65 bits per heavy atom. The van der Waals surface area contributed by atoms with Crippen LogP contribution >= 0.6 is 11.3 Å². The van der Waals surface area contributed by atoms with E-state index in [9.17, 15) is 9.59 Å². The number of benzene rings is 2. The zero-order chi connectivity index (χ0) is 21.6. The van der Waals surface area contributed by atoms with Gasteiger partial charge < -0.3 is 20.1 Å². The standard InChI is InChI=1S/C22H22N4O4S/c1-14(15-7-8-17-18(13-15)30-12-11-29-17)23-19(27)9-10-20-25-26-22(31-20)21(28)24-16-5-3-2-4-6-16/h2-8,13-14H,9-12H2,1H3,(H,23,27)(H,24,28). The van der Waals surface area contributed by atoms with Crippen LogP contribution in [0.3, 0.4) is 0 Å². The van der Waals surface area contributed by atoms with Crippen molar-refractivity contribution in [3.05, 3.63) is 64.1 Å². The van der Waals surface area contributed by atoms with Crippen LogP contribution in [0.5, 0.6) is 11.5 Å². The predicted molar refractivity (Wildman–Crippen MR) is 117 cm³/mol. The molecule has 2 heterocycles. The highest BCUT2D eigenvalue weighted by atomic mass is 32.1. The molecular formula is C22H22N4O4S. The molecule has 2 aromatic carbocycles. The average Bonchev–Trinajstić information content (AvgIpc) is 3.27. The molecule has 0 spiro atoms. The largest absolute Gasteiger partial charge is 0.486 e. The second-order valence-corrected chi connectivity index (χ2v) is 8.08. The Labute approximate surface area is 183 Å². The third-order valence-corrected chi connectivity index (χ3v) is 5.68. The first-order valence-corrected chi connectivity index (χ1v) is 10.8. The minimum atomic E-state index is -0.313. The van der Waals surface area contributed by atoms with Crippen molar-refractivity contribution in [2.24, 2.45) is 0 Å². The van der Waals surface area contributed by atoms with Crippen LogP contribution in [0, 0.1) is 0 Å². The van der Waals surface area contributed by atoms with Gasteiger partial charge in [-0.05, 0) is 36.8 Å². The minimum absolute atomic E-state index is 0.104. The van der Waals surface area contributed by atoms with Gasteiger partial charge in [-0.2, -0.15) is 0 Å². The van der Waals surface area contributed by atoms with E-state index in [1.54, 1.807) is 12.1 Å². The summed E-state index contributed by atoms with van der Waals surface area (Å²) < 4.78 is 11.1. The zero-order valence-corrected chi connectivity index (χ0v) is 17.8. The third-order valence-electron chi connectivity index (χ3n) is 4.70. The van der Waals surface area contributed by atoms with E-state index < -0.39 is 0 Å². The van der Waals surface area contributed by atoms with Gasteiger partial charge in [0, 0.05) is 18.5 Å². The molecule has 1 atom stereocenters. The van der Waals surface area contributed by atoms with Gasteiger partial charge in [0.1, 0.15) is 18.2 Å². The van der Waals surface area contributed by atoms with Gasteiger partial charge in [0.15, 0.2) is 11.5 Å². The van der Waals surface area contributed by atoms with E-state index in [0.29, 0.717) is 36.1 Å². The van der Waals surface area contributed by atoms with Gasteiger partial charge in [0.05, 0.1) is 6.04 Å². The number of aromatic nitrogens is 2. The Bertz CT molecular complexity index is 1070. The second-order valence-electron chi connectivity index (χ2n) is 7.01. The number of rotatable bonds is 7. The van der Waals surface area contributed by atoms with Crippen molar-refractivity contribution in [3.63, 3.8) is 0 Å². The number of para-hydroxylation sites is 1. The number of nitrogens with zero attached hydrogens (tertiary/aromatic N) is 2. The van der Waals surface area contributed by atoms with Crippen LogP contribution in [0.15, 0.2) is 48.5 Å². The number of aryl methyl sites for hydroxylation is 1. The molecule has 3 aromatic rings. The molecule has 9 heteroatoms. The van der Waals surface area contributed by atoms with E-state index >= 15 is 0 Å². The topological polar surface area (TPSA) is 102 Å². The van der Waals surface area contributed by atoms with Crippen molar-refractivity contribution >= 4 is 28.8 Å². The van der Waals surface area contributed by atoms with Crippen molar-refractivity contribution in [1.82, 2.24) is 15.5 Å². The van der Waals surface area contributed by atoms with E-state index in [2.05, 4.69) is 20.8 Å². The average molecular weight is 439 g/mol. The summed E-state index contributed by atoms with van der Waals surface area (Å²) in [5.74, 6) is 0.997. The van der Waals surface area contributed by atoms with E-state index in [4.69, 9.17) is 9.47 Å². The molecule has 4 rings (SSSR count). The maximum absolute atomic E-state index is 12.4. The fourth-order valence-electron chi connectivity index (χ4n) is 3.10. The van der Waals surface area contributed by atoms with Crippen molar-refractivity contribution < 1.29 is 19.1 Å². The van der Waals surface area contributed by atoms with Gasteiger partial charge in [-0.1, -0.05) is 35.6 Å². The molecule has 8 nitrogen and oxygen atoms in total. The number of hydrogen-bond acceptors (Lipinski definition) is 7. The summed E-state index contributed by atoms with van der Waals surface area (Å²) in [6.07, 6.45) is 0.666. The first-order chi connectivity index (χ1) is 15.1. The highest BCUT2D eigenvalue weighted by Gasteiger charge is 2.17. The van der Waals surface area contributed by atoms with Crippen LogP contribution in [0.1, 0.15) is 39.8 Å². The molecule has 0 aliphatic carbocycles. The molecule has 0 saturated heterocycles. The Hall–Kier alpha value is -3.46. The van der Waals surface area contributed by atoms with Gasteiger partial charge in [-0.15, -0.1) is 10.2 Å². The van der Waals surface area contributed by atoms with Gasteiger partial charge in [0.2, 0.25) is 10.9 Å². The van der Waals surface area contributed by atoms with Gasteiger partial charge >= 0.3 is 0 Å². The number of ether oxygens (including phenoxy) is 2. The maximum Gasteiger partial charge on any atom is 0.286 e. The highest BCUT2D eigenvalue weighted by Crippen LogP contribution is 2.32. The van der Waals surface area contributed by atoms with Crippen LogP contribution in [0.2, 0.25) is 0 Å². The van der Waals surface area contributed by atoms with Gasteiger partial charge in [-0.3, -0.25) is 9.59 Å². The Morgan fingerprint density at radius 2 is 1.84 bits per heavy atom. The summed E-state index contributed by atoms with van der Waals surface area (Å²) in [6, 6.07) is 14.6. The number of anilines is 1. The highest BCUT2D eigenvalue weighted by molar-refractivity contribution is 7.13. The number of nitrogens with one attached hydrogen (secondary N) is 2. The quantitative estimate of drug-likeness (QED) is 0.586. The fraction of sp³-hybridized carbons (Fsp3) is 0.273. The van der Waals surface area contributed by atoms with E-state index in [1.165, 1.54) is 11.3 Å². The smallest absolute Gasteiger partial charge is 0.286 e. The van der Waals surface area contributed by atoms with Crippen LogP contribution in [0.4, 0.5) is 5.69 Å². The summed E-state index contributed by atoms with van der Waals surface area (Å²) in [5, 5.41) is 14.6. The third kappa shape index (κ3) is 5.37. The molecule has 1 aromatic heterocycles. The molecule has 1 aliphatic heterocycles. The second kappa shape index (κ2) is 9.57. The lowest BCUT2D eigenvalue weighted by Gasteiger charge is -2.21. The van der Waals surface area contributed by atoms with Crippen LogP contribution in [0.25, 0.3) is 0 Å². The van der Waals surface area contributed by atoms with Crippen molar-refractivity contribution in [1.29, 1.82) is 0 Å². The molecule has 2 amide bonds. The summed E-state index contributed by atoms with van der Waals surface area (Å²) in [6.45, 7) is 2.98. The molecule has 2 N–H and O–H groups in total. The van der Waals surface area contributed by atoms with Crippen molar-refractivity contribution in [2.75, 3.05) is 18.5 Å². The van der Waals surface area contributed by atoms with Crippen LogP contribution in [-0.2, 0) is 11.2 Å². The predicted octanol–water partition coefficient (Wildman–Crippen LogP) is 3.37. The van der Waals surface area contributed by atoms with Crippen molar-refractivity contribution in [3.8, 4) is 11.5 Å². The number of hydrogen-bond donors (Lipinski definition) is 2. The first-order valence-electron chi connectivity index (χ1n) is 9.96. The van der Waals surface area contributed by atoms with Crippen LogP contribution < -0.4 is 20.1 Å². The molecule has 160 valence electrons. The van der Waals surface area contributed by atoms with E-state index in [-0.39, 0.29) is 29.3 Å².